The lowest BCUT2D eigenvalue weighted by Crippen LogP contribution is -1.99. The second kappa shape index (κ2) is 5.75. The smallest absolute Gasteiger partial charge is 0.364 e. The monoisotopic (exact) mass is 174 g/mol. The Kier molecular flexibility index (Phi) is 5.34. The molecule has 0 aliphatic heterocycles. The molecule has 0 aromatic rings. The van der Waals surface area contributed by atoms with Gasteiger partial charge in [-0.3, -0.25) is 0 Å². The molecular weight excluding hydrogens is 159 g/mol. The van der Waals surface area contributed by atoms with Crippen LogP contribution in [0.4, 0.5) is 4.39 Å². The molecule has 0 fully saturated rings. The van der Waals surface area contributed by atoms with E-state index in [4.69, 9.17) is 5.11 Å². The van der Waals surface area contributed by atoms with E-state index in [1.54, 1.807) is 6.92 Å². The highest BCUT2D eigenvalue weighted by atomic mass is 19.1. The maximum atomic E-state index is 12.8. The van der Waals surface area contributed by atoms with Gasteiger partial charge in [0.1, 0.15) is 0 Å². The number of carbonyl (C=O) groups is 1. The van der Waals surface area contributed by atoms with Gasteiger partial charge in [0, 0.05) is 0 Å². The standard InChI is InChI=1S/C9H15FO2/c1-3-5-6-7(4-2)8(10)9(11)12/h3-6H2,1-2H3,(H,11,12). The summed E-state index contributed by atoms with van der Waals surface area (Å²) >= 11 is 0. The van der Waals surface area contributed by atoms with Crippen LogP contribution in [0.2, 0.25) is 0 Å². The van der Waals surface area contributed by atoms with Gasteiger partial charge in [-0.1, -0.05) is 20.3 Å². The molecule has 0 rings (SSSR count). The SMILES string of the molecule is CCCCC(CC)=C(F)C(=O)O. The highest BCUT2D eigenvalue weighted by molar-refractivity contribution is 5.84. The van der Waals surface area contributed by atoms with Crippen molar-refractivity contribution < 1.29 is 14.3 Å². The fraction of sp³-hybridized carbons (Fsp3) is 0.667. The summed E-state index contributed by atoms with van der Waals surface area (Å²) in [5.74, 6) is -2.41. The molecule has 0 aliphatic rings. The first kappa shape index (κ1) is 11.1. The first-order valence-corrected chi connectivity index (χ1v) is 4.24. The first-order chi connectivity index (χ1) is 5.63. The van der Waals surface area contributed by atoms with E-state index >= 15 is 0 Å². The number of carboxylic acid groups (broad SMARTS) is 1. The third-order valence-electron chi connectivity index (χ3n) is 1.76. The van der Waals surface area contributed by atoms with Gasteiger partial charge in [0.2, 0.25) is 5.83 Å². The molecule has 12 heavy (non-hydrogen) atoms. The second-order valence-electron chi connectivity index (χ2n) is 2.68. The minimum atomic E-state index is -1.44. The van der Waals surface area contributed by atoms with Crippen molar-refractivity contribution in [1.29, 1.82) is 0 Å². The number of hydrogen-bond donors (Lipinski definition) is 1. The lowest BCUT2D eigenvalue weighted by atomic mass is 10.1. The summed E-state index contributed by atoms with van der Waals surface area (Å²) in [6, 6.07) is 0. The predicted octanol–water partition coefficient (Wildman–Crippen LogP) is 2.89. The Morgan fingerprint density at radius 2 is 2.00 bits per heavy atom. The molecular formula is C9H15FO2. The summed E-state index contributed by atoms with van der Waals surface area (Å²) in [5.41, 5.74) is 0.421. The normalized spacial score (nSPS) is 12.6. The molecule has 0 radical (unpaired) electrons. The molecule has 0 saturated heterocycles. The van der Waals surface area contributed by atoms with Crippen LogP contribution >= 0.6 is 0 Å². The zero-order valence-corrected chi connectivity index (χ0v) is 7.56. The zero-order valence-electron chi connectivity index (χ0n) is 7.56. The van der Waals surface area contributed by atoms with E-state index in [1.807, 2.05) is 6.92 Å². The molecule has 3 heteroatoms. The van der Waals surface area contributed by atoms with Crippen LogP contribution in [-0.4, -0.2) is 11.1 Å². The largest absolute Gasteiger partial charge is 0.476 e. The molecule has 1 N–H and O–H groups in total. The fourth-order valence-electron chi connectivity index (χ4n) is 0.983. The molecule has 0 atom stereocenters. The average Bonchev–Trinajstić information content (AvgIpc) is 2.05. The maximum Gasteiger partial charge on any atom is 0.364 e. The Bertz CT molecular complexity index is 185. The van der Waals surface area contributed by atoms with E-state index < -0.39 is 11.8 Å². The summed E-state index contributed by atoms with van der Waals surface area (Å²) in [6.45, 7) is 3.76. The van der Waals surface area contributed by atoms with Gasteiger partial charge >= 0.3 is 5.97 Å². The molecule has 70 valence electrons. The third kappa shape index (κ3) is 3.51. The number of aliphatic carboxylic acids is 1. The van der Waals surface area contributed by atoms with Gasteiger partial charge < -0.3 is 5.11 Å². The van der Waals surface area contributed by atoms with Crippen LogP contribution in [0.3, 0.4) is 0 Å². The molecule has 0 amide bonds. The number of allylic oxidation sites excluding steroid dienone is 1. The van der Waals surface area contributed by atoms with Gasteiger partial charge in [-0.25, -0.2) is 4.79 Å². The van der Waals surface area contributed by atoms with Crippen LogP contribution in [-0.2, 0) is 4.79 Å². The predicted molar refractivity (Wildman–Crippen MR) is 45.6 cm³/mol. The van der Waals surface area contributed by atoms with Gasteiger partial charge in [0.25, 0.3) is 0 Å². The van der Waals surface area contributed by atoms with Gasteiger partial charge in [-0.2, -0.15) is 4.39 Å². The van der Waals surface area contributed by atoms with Crippen molar-refractivity contribution in [3.63, 3.8) is 0 Å². The van der Waals surface area contributed by atoms with Crippen molar-refractivity contribution in [2.45, 2.75) is 39.5 Å². The molecule has 0 aromatic carbocycles. The number of rotatable bonds is 5. The van der Waals surface area contributed by atoms with Gasteiger partial charge in [-0.05, 0) is 24.8 Å². The van der Waals surface area contributed by atoms with Crippen LogP contribution in [0.15, 0.2) is 11.4 Å². The molecule has 2 nitrogen and oxygen atoms in total. The number of unbranched alkanes of at least 4 members (excludes halogenated alkanes) is 1. The Balaban J connectivity index is 4.28. The highest BCUT2D eigenvalue weighted by Gasteiger charge is 2.11. The van der Waals surface area contributed by atoms with Crippen molar-refractivity contribution in [3.8, 4) is 0 Å². The zero-order chi connectivity index (χ0) is 9.56. The van der Waals surface area contributed by atoms with Crippen molar-refractivity contribution in [1.82, 2.24) is 0 Å². The molecule has 0 aliphatic carbocycles. The third-order valence-corrected chi connectivity index (χ3v) is 1.76. The van der Waals surface area contributed by atoms with Crippen LogP contribution in [0.1, 0.15) is 39.5 Å². The van der Waals surface area contributed by atoms with E-state index in [-0.39, 0.29) is 0 Å². The quantitative estimate of drug-likeness (QED) is 0.650. The Morgan fingerprint density at radius 3 is 2.33 bits per heavy atom. The average molecular weight is 174 g/mol. The maximum absolute atomic E-state index is 12.8. The van der Waals surface area contributed by atoms with E-state index in [1.165, 1.54) is 0 Å². The van der Waals surface area contributed by atoms with E-state index in [2.05, 4.69) is 0 Å². The highest BCUT2D eigenvalue weighted by Crippen LogP contribution is 2.17. The van der Waals surface area contributed by atoms with Crippen LogP contribution in [0, 0.1) is 0 Å². The molecule has 0 aromatic heterocycles. The number of hydrogen-bond acceptors (Lipinski definition) is 1. The minimum absolute atomic E-state index is 0.421. The fourth-order valence-corrected chi connectivity index (χ4v) is 0.983. The van der Waals surface area contributed by atoms with Crippen LogP contribution < -0.4 is 0 Å². The topological polar surface area (TPSA) is 37.3 Å². The Labute approximate surface area is 72.1 Å². The van der Waals surface area contributed by atoms with Gasteiger partial charge in [0.05, 0.1) is 0 Å². The number of carboxylic acids is 1. The van der Waals surface area contributed by atoms with Crippen LogP contribution in [0.5, 0.6) is 0 Å². The summed E-state index contributed by atoms with van der Waals surface area (Å²) in [4.78, 5) is 10.2. The molecule has 0 spiro atoms. The van der Waals surface area contributed by atoms with Crippen molar-refractivity contribution in [2.75, 3.05) is 0 Å². The lowest BCUT2D eigenvalue weighted by molar-refractivity contribution is -0.134. The first-order valence-electron chi connectivity index (χ1n) is 4.24. The van der Waals surface area contributed by atoms with Crippen molar-refractivity contribution in [3.05, 3.63) is 11.4 Å². The summed E-state index contributed by atoms with van der Waals surface area (Å²) in [5, 5.41) is 8.35. The van der Waals surface area contributed by atoms with E-state index in [9.17, 15) is 9.18 Å². The molecule has 0 unspecified atom stereocenters. The van der Waals surface area contributed by atoms with Crippen LogP contribution in [0.25, 0.3) is 0 Å². The summed E-state index contributed by atoms with van der Waals surface area (Å²) in [7, 11) is 0. The summed E-state index contributed by atoms with van der Waals surface area (Å²) < 4.78 is 12.8. The minimum Gasteiger partial charge on any atom is -0.476 e. The molecule has 0 heterocycles. The second-order valence-corrected chi connectivity index (χ2v) is 2.68. The Morgan fingerprint density at radius 1 is 1.42 bits per heavy atom. The lowest BCUT2D eigenvalue weighted by Gasteiger charge is -2.02. The van der Waals surface area contributed by atoms with Crippen molar-refractivity contribution in [2.24, 2.45) is 0 Å². The number of halogens is 1. The van der Waals surface area contributed by atoms with E-state index in [0.29, 0.717) is 18.4 Å². The van der Waals surface area contributed by atoms with Gasteiger partial charge in [-0.15, -0.1) is 0 Å². The summed E-state index contributed by atoms with van der Waals surface area (Å²) in [6.07, 6.45) is 2.85. The molecule has 0 saturated carbocycles. The molecule has 0 bridgehead atoms. The van der Waals surface area contributed by atoms with Crippen molar-refractivity contribution >= 4 is 5.97 Å². The van der Waals surface area contributed by atoms with E-state index in [0.717, 1.165) is 12.8 Å². The van der Waals surface area contributed by atoms with Gasteiger partial charge in [0.15, 0.2) is 0 Å². The Hall–Kier alpha value is -0.860.